The first-order chi connectivity index (χ1) is 10.5. The molecule has 0 saturated carbocycles. The average molecular weight is 304 g/mol. The second-order valence-corrected chi connectivity index (χ2v) is 4.65. The monoisotopic (exact) mass is 304 g/mol. The number of hydrogen-bond acceptors (Lipinski definition) is 5. The first kappa shape index (κ1) is 15.7. The zero-order chi connectivity index (χ0) is 16.1. The van der Waals surface area contributed by atoms with Crippen LogP contribution in [-0.2, 0) is 9.53 Å². The van der Waals surface area contributed by atoms with E-state index < -0.39 is 17.9 Å². The van der Waals surface area contributed by atoms with Crippen LogP contribution in [0.3, 0.4) is 0 Å². The Morgan fingerprint density at radius 2 is 2.05 bits per heavy atom. The van der Waals surface area contributed by atoms with Gasteiger partial charge in [0, 0.05) is 12.7 Å². The minimum atomic E-state index is -1.18. The van der Waals surface area contributed by atoms with E-state index in [0.29, 0.717) is 17.0 Å². The Hall–Kier alpha value is -2.67. The number of carbonyl (C=O) groups is 2. The highest BCUT2D eigenvalue weighted by atomic mass is 16.5. The van der Waals surface area contributed by atoms with Crippen molar-refractivity contribution in [2.75, 3.05) is 13.7 Å². The molecule has 0 radical (unpaired) electrons. The summed E-state index contributed by atoms with van der Waals surface area (Å²) in [6.07, 6.45) is 0. The van der Waals surface area contributed by atoms with E-state index in [1.165, 1.54) is 7.11 Å². The third kappa shape index (κ3) is 3.32. The molecule has 1 heterocycles. The molecule has 0 spiro atoms. The molecular formula is C15H16N2O5. The summed E-state index contributed by atoms with van der Waals surface area (Å²) in [6, 6.07) is 7.90. The van der Waals surface area contributed by atoms with E-state index in [2.05, 4.69) is 10.5 Å². The maximum absolute atomic E-state index is 12.4. The van der Waals surface area contributed by atoms with Gasteiger partial charge in [-0.05, 0) is 6.92 Å². The standard InChI is InChI=1S/C15H16N2O5/c1-9-12(14(18)16-11(8-21-2)15(19)20)13(17-22-9)10-6-4-3-5-7-10/h3-7,11H,8H2,1-2H3,(H,16,18)(H,19,20). The zero-order valence-corrected chi connectivity index (χ0v) is 12.2. The summed E-state index contributed by atoms with van der Waals surface area (Å²) in [5, 5.41) is 15.4. The summed E-state index contributed by atoms with van der Waals surface area (Å²) in [4.78, 5) is 23.5. The summed E-state index contributed by atoms with van der Waals surface area (Å²) >= 11 is 0. The summed E-state index contributed by atoms with van der Waals surface area (Å²) in [7, 11) is 1.36. The van der Waals surface area contributed by atoms with Crippen molar-refractivity contribution < 1.29 is 24.0 Å². The first-order valence-corrected chi connectivity index (χ1v) is 6.59. The van der Waals surface area contributed by atoms with Crippen molar-refractivity contribution in [2.24, 2.45) is 0 Å². The van der Waals surface area contributed by atoms with Crippen LogP contribution in [0.5, 0.6) is 0 Å². The predicted octanol–water partition coefficient (Wildman–Crippen LogP) is 1.48. The molecule has 0 fully saturated rings. The Kier molecular flexibility index (Phi) is 4.90. The molecule has 0 aliphatic carbocycles. The van der Waals surface area contributed by atoms with Crippen LogP contribution in [0.1, 0.15) is 16.1 Å². The molecule has 0 aliphatic rings. The Bertz CT molecular complexity index is 666. The quantitative estimate of drug-likeness (QED) is 0.838. The highest BCUT2D eigenvalue weighted by Gasteiger charge is 2.26. The molecule has 0 aliphatic heterocycles. The summed E-state index contributed by atoms with van der Waals surface area (Å²) in [5.41, 5.74) is 1.30. The molecule has 7 heteroatoms. The molecule has 1 unspecified atom stereocenters. The number of ether oxygens (including phenoxy) is 1. The van der Waals surface area contributed by atoms with E-state index in [-0.39, 0.29) is 12.2 Å². The first-order valence-electron chi connectivity index (χ1n) is 6.59. The van der Waals surface area contributed by atoms with Gasteiger partial charge in [0.05, 0.1) is 6.61 Å². The van der Waals surface area contributed by atoms with Crippen LogP contribution in [0.2, 0.25) is 0 Å². The van der Waals surface area contributed by atoms with Crippen molar-refractivity contribution in [2.45, 2.75) is 13.0 Å². The maximum Gasteiger partial charge on any atom is 0.328 e. The molecule has 0 bridgehead atoms. The lowest BCUT2D eigenvalue weighted by molar-refractivity contribution is -0.140. The molecule has 1 amide bonds. The van der Waals surface area contributed by atoms with E-state index in [1.807, 2.05) is 18.2 Å². The Balaban J connectivity index is 2.30. The third-order valence-corrected chi connectivity index (χ3v) is 3.07. The van der Waals surface area contributed by atoms with Gasteiger partial charge in [0.25, 0.3) is 5.91 Å². The molecule has 1 aromatic heterocycles. The second-order valence-electron chi connectivity index (χ2n) is 4.65. The summed E-state index contributed by atoms with van der Waals surface area (Å²) < 4.78 is 9.88. The maximum atomic E-state index is 12.4. The molecule has 22 heavy (non-hydrogen) atoms. The average Bonchev–Trinajstić information content (AvgIpc) is 2.89. The number of aliphatic carboxylic acids is 1. The molecular weight excluding hydrogens is 288 g/mol. The Morgan fingerprint density at radius 3 is 2.64 bits per heavy atom. The summed E-state index contributed by atoms with van der Waals surface area (Å²) in [6.45, 7) is 1.46. The molecule has 2 N–H and O–H groups in total. The minimum Gasteiger partial charge on any atom is -0.480 e. The number of nitrogens with one attached hydrogen (secondary N) is 1. The van der Waals surface area contributed by atoms with Crippen molar-refractivity contribution in [3.05, 3.63) is 41.7 Å². The number of methoxy groups -OCH3 is 1. The normalized spacial score (nSPS) is 11.9. The number of amides is 1. The molecule has 116 valence electrons. The number of aromatic nitrogens is 1. The zero-order valence-electron chi connectivity index (χ0n) is 12.2. The van der Waals surface area contributed by atoms with Crippen molar-refractivity contribution in [3.63, 3.8) is 0 Å². The number of hydrogen-bond donors (Lipinski definition) is 2. The van der Waals surface area contributed by atoms with Gasteiger partial charge in [0.15, 0.2) is 6.04 Å². The van der Waals surface area contributed by atoms with Gasteiger partial charge < -0.3 is 19.7 Å². The predicted molar refractivity (Wildman–Crippen MR) is 77.4 cm³/mol. The molecule has 2 rings (SSSR count). The largest absolute Gasteiger partial charge is 0.480 e. The van der Waals surface area contributed by atoms with E-state index >= 15 is 0 Å². The lowest BCUT2D eigenvalue weighted by Gasteiger charge is -2.13. The smallest absolute Gasteiger partial charge is 0.328 e. The highest BCUT2D eigenvalue weighted by molar-refractivity contribution is 6.02. The SMILES string of the molecule is COCC(NC(=O)c1c(-c2ccccc2)noc1C)C(=O)O. The lowest BCUT2D eigenvalue weighted by Crippen LogP contribution is -2.44. The van der Waals surface area contributed by atoms with Crippen LogP contribution in [-0.4, -0.2) is 41.9 Å². The van der Waals surface area contributed by atoms with Gasteiger partial charge in [-0.2, -0.15) is 0 Å². The number of aryl methyl sites for hydroxylation is 1. The van der Waals surface area contributed by atoms with Crippen LogP contribution in [0.15, 0.2) is 34.9 Å². The number of carboxylic acids is 1. The molecule has 2 aromatic rings. The van der Waals surface area contributed by atoms with Gasteiger partial charge in [-0.1, -0.05) is 35.5 Å². The number of carboxylic acid groups (broad SMARTS) is 1. The lowest BCUT2D eigenvalue weighted by atomic mass is 10.1. The van der Waals surface area contributed by atoms with Crippen molar-refractivity contribution in [1.29, 1.82) is 0 Å². The minimum absolute atomic E-state index is 0.133. The summed E-state index contributed by atoms with van der Waals surface area (Å²) in [5.74, 6) is -1.43. The molecule has 7 nitrogen and oxygen atoms in total. The van der Waals surface area contributed by atoms with E-state index in [9.17, 15) is 9.59 Å². The molecule has 1 atom stereocenters. The van der Waals surface area contributed by atoms with Gasteiger partial charge >= 0.3 is 5.97 Å². The van der Waals surface area contributed by atoms with Crippen LogP contribution in [0.25, 0.3) is 11.3 Å². The van der Waals surface area contributed by atoms with Crippen LogP contribution >= 0.6 is 0 Å². The Labute approximate surface area is 126 Å². The topological polar surface area (TPSA) is 102 Å². The Morgan fingerprint density at radius 1 is 1.36 bits per heavy atom. The fourth-order valence-electron chi connectivity index (χ4n) is 2.00. The van der Waals surface area contributed by atoms with Gasteiger partial charge in [-0.25, -0.2) is 4.79 Å². The van der Waals surface area contributed by atoms with Crippen LogP contribution in [0, 0.1) is 6.92 Å². The van der Waals surface area contributed by atoms with Crippen molar-refractivity contribution in [1.82, 2.24) is 10.5 Å². The van der Waals surface area contributed by atoms with Crippen molar-refractivity contribution in [3.8, 4) is 11.3 Å². The fourth-order valence-corrected chi connectivity index (χ4v) is 2.00. The van der Waals surface area contributed by atoms with Gasteiger partial charge in [-0.15, -0.1) is 0 Å². The van der Waals surface area contributed by atoms with E-state index in [0.717, 1.165) is 0 Å². The third-order valence-electron chi connectivity index (χ3n) is 3.07. The molecule has 0 saturated heterocycles. The number of rotatable bonds is 6. The van der Waals surface area contributed by atoms with E-state index in [1.54, 1.807) is 19.1 Å². The second kappa shape index (κ2) is 6.86. The van der Waals surface area contributed by atoms with Gasteiger partial charge in [-0.3, -0.25) is 4.79 Å². The van der Waals surface area contributed by atoms with Crippen LogP contribution in [0.4, 0.5) is 0 Å². The number of benzene rings is 1. The highest BCUT2D eigenvalue weighted by Crippen LogP contribution is 2.24. The molecule has 1 aromatic carbocycles. The number of carbonyl (C=O) groups excluding carboxylic acids is 1. The van der Waals surface area contributed by atoms with Gasteiger partial charge in [0.2, 0.25) is 0 Å². The van der Waals surface area contributed by atoms with Gasteiger partial charge in [0.1, 0.15) is 17.0 Å². The fraction of sp³-hybridized carbons (Fsp3) is 0.267. The number of nitrogens with zero attached hydrogens (tertiary/aromatic N) is 1. The van der Waals surface area contributed by atoms with Crippen molar-refractivity contribution >= 4 is 11.9 Å². The van der Waals surface area contributed by atoms with Crippen LogP contribution < -0.4 is 5.32 Å². The van der Waals surface area contributed by atoms with E-state index in [4.69, 9.17) is 14.4 Å².